The number of para-hydroxylation sites is 1. The fourth-order valence-corrected chi connectivity index (χ4v) is 2.06. The number of ether oxygens (including phenoxy) is 1. The van der Waals surface area contributed by atoms with Crippen LogP contribution in [-0.4, -0.2) is 4.92 Å². The molecule has 1 N–H and O–H groups in total. The first-order chi connectivity index (χ1) is 11.2. The second-order valence-electron chi connectivity index (χ2n) is 4.87. The van der Waals surface area contributed by atoms with Crippen LogP contribution in [0.2, 0.25) is 0 Å². The average molecular weight is 306 g/mol. The Bertz CT molecular complexity index is 785. The molecule has 0 spiro atoms. The molecule has 0 saturated carbocycles. The number of rotatable bonds is 5. The van der Waals surface area contributed by atoms with Gasteiger partial charge in [0.25, 0.3) is 5.69 Å². The molecule has 0 heterocycles. The predicted molar refractivity (Wildman–Crippen MR) is 89.3 cm³/mol. The Morgan fingerprint density at radius 1 is 0.739 bits per heavy atom. The maximum atomic E-state index is 10.6. The molecule has 23 heavy (non-hydrogen) atoms. The van der Waals surface area contributed by atoms with Crippen molar-refractivity contribution in [1.29, 1.82) is 0 Å². The molecule has 0 radical (unpaired) electrons. The van der Waals surface area contributed by atoms with Crippen LogP contribution in [-0.2, 0) is 0 Å². The summed E-state index contributed by atoms with van der Waals surface area (Å²) in [5, 5.41) is 13.8. The van der Waals surface area contributed by atoms with Gasteiger partial charge >= 0.3 is 0 Å². The van der Waals surface area contributed by atoms with E-state index in [4.69, 9.17) is 4.74 Å². The summed E-state index contributed by atoms with van der Waals surface area (Å²) in [5.41, 5.74) is 1.73. The van der Waals surface area contributed by atoms with Crippen molar-refractivity contribution in [2.45, 2.75) is 0 Å². The lowest BCUT2D eigenvalue weighted by molar-refractivity contribution is -0.384. The van der Waals surface area contributed by atoms with Gasteiger partial charge in [0.05, 0.1) is 4.92 Å². The van der Waals surface area contributed by atoms with Crippen molar-refractivity contribution in [2.75, 3.05) is 5.32 Å². The van der Waals surface area contributed by atoms with E-state index in [-0.39, 0.29) is 5.69 Å². The number of benzene rings is 3. The maximum Gasteiger partial charge on any atom is 0.269 e. The molecule has 0 bridgehead atoms. The minimum atomic E-state index is -0.417. The normalized spacial score (nSPS) is 10.1. The highest BCUT2D eigenvalue weighted by Gasteiger charge is 2.04. The van der Waals surface area contributed by atoms with Gasteiger partial charge in [0.1, 0.15) is 11.5 Å². The number of nitro groups is 1. The van der Waals surface area contributed by atoms with Crippen LogP contribution in [0, 0.1) is 10.1 Å². The number of nitro benzene ring substituents is 1. The highest BCUT2D eigenvalue weighted by atomic mass is 16.6. The summed E-state index contributed by atoms with van der Waals surface area (Å²) in [6.07, 6.45) is 0. The molecule has 0 aliphatic heterocycles. The quantitative estimate of drug-likeness (QED) is 0.524. The summed E-state index contributed by atoms with van der Waals surface area (Å²) in [5.74, 6) is 1.52. The summed E-state index contributed by atoms with van der Waals surface area (Å²) >= 11 is 0. The van der Waals surface area contributed by atoms with Crippen molar-refractivity contribution in [1.82, 2.24) is 0 Å². The first kappa shape index (κ1) is 14.6. The summed E-state index contributed by atoms with van der Waals surface area (Å²) in [6.45, 7) is 0. The molecule has 0 atom stereocenters. The first-order valence-corrected chi connectivity index (χ1v) is 7.05. The van der Waals surface area contributed by atoms with Gasteiger partial charge in [-0.25, -0.2) is 0 Å². The van der Waals surface area contributed by atoms with Crippen LogP contribution in [0.4, 0.5) is 17.1 Å². The Labute approximate surface area is 133 Å². The largest absolute Gasteiger partial charge is 0.457 e. The maximum absolute atomic E-state index is 10.6. The van der Waals surface area contributed by atoms with E-state index in [1.54, 1.807) is 12.1 Å². The number of hydrogen-bond acceptors (Lipinski definition) is 4. The minimum absolute atomic E-state index is 0.0714. The zero-order valence-electron chi connectivity index (χ0n) is 12.2. The number of non-ortho nitro benzene ring substituents is 1. The Hall–Kier alpha value is -3.34. The Morgan fingerprint density at radius 2 is 1.26 bits per heavy atom. The third kappa shape index (κ3) is 3.85. The van der Waals surface area contributed by atoms with Crippen molar-refractivity contribution in [3.05, 3.63) is 89.0 Å². The molecule has 0 aliphatic rings. The van der Waals surface area contributed by atoms with Crippen molar-refractivity contribution >= 4 is 17.1 Å². The monoisotopic (exact) mass is 306 g/mol. The summed E-state index contributed by atoms with van der Waals surface area (Å²) in [7, 11) is 0. The van der Waals surface area contributed by atoms with Crippen molar-refractivity contribution in [3.63, 3.8) is 0 Å². The van der Waals surface area contributed by atoms with E-state index < -0.39 is 4.92 Å². The Balaban J connectivity index is 1.66. The third-order valence-electron chi connectivity index (χ3n) is 3.20. The molecule has 0 unspecified atom stereocenters. The fraction of sp³-hybridized carbons (Fsp3) is 0. The van der Waals surface area contributed by atoms with Gasteiger partial charge in [0, 0.05) is 23.5 Å². The van der Waals surface area contributed by atoms with Crippen LogP contribution in [0.25, 0.3) is 0 Å². The van der Waals surface area contributed by atoms with Gasteiger partial charge in [-0.1, -0.05) is 18.2 Å². The lowest BCUT2D eigenvalue weighted by Crippen LogP contribution is -1.92. The van der Waals surface area contributed by atoms with Gasteiger partial charge in [0.2, 0.25) is 0 Å². The lowest BCUT2D eigenvalue weighted by atomic mass is 10.2. The zero-order valence-corrected chi connectivity index (χ0v) is 12.2. The molecule has 0 aromatic heterocycles. The van der Waals surface area contributed by atoms with E-state index in [1.807, 2.05) is 54.6 Å². The molecule has 114 valence electrons. The van der Waals surface area contributed by atoms with Crippen LogP contribution in [0.3, 0.4) is 0 Å². The molecule has 3 aromatic carbocycles. The lowest BCUT2D eigenvalue weighted by Gasteiger charge is -2.08. The van der Waals surface area contributed by atoms with Gasteiger partial charge < -0.3 is 10.1 Å². The standard InChI is InChI=1S/C18H14N2O3/c21-20(22)16-10-6-14(7-11-16)19-15-8-12-18(13-9-15)23-17-4-2-1-3-5-17/h1-13,19H. The van der Waals surface area contributed by atoms with E-state index in [9.17, 15) is 10.1 Å². The third-order valence-corrected chi connectivity index (χ3v) is 3.20. The average Bonchev–Trinajstić information content (AvgIpc) is 2.58. The SMILES string of the molecule is O=[N+]([O-])c1ccc(Nc2ccc(Oc3ccccc3)cc2)cc1. The second kappa shape index (κ2) is 6.62. The zero-order chi connectivity index (χ0) is 16.1. The number of hydrogen-bond donors (Lipinski definition) is 1. The number of anilines is 2. The first-order valence-electron chi connectivity index (χ1n) is 7.05. The van der Waals surface area contributed by atoms with Gasteiger partial charge in [-0.2, -0.15) is 0 Å². The van der Waals surface area contributed by atoms with Gasteiger partial charge in [-0.3, -0.25) is 10.1 Å². The molecular weight excluding hydrogens is 292 g/mol. The Kier molecular flexibility index (Phi) is 4.20. The molecule has 5 heteroatoms. The van der Waals surface area contributed by atoms with Gasteiger partial charge in [-0.05, 0) is 48.5 Å². The van der Waals surface area contributed by atoms with Crippen LogP contribution >= 0.6 is 0 Å². The van der Waals surface area contributed by atoms with Crippen molar-refractivity contribution in [2.24, 2.45) is 0 Å². The Morgan fingerprint density at radius 3 is 1.83 bits per heavy atom. The second-order valence-corrected chi connectivity index (χ2v) is 4.87. The molecular formula is C18H14N2O3. The molecule has 5 nitrogen and oxygen atoms in total. The summed E-state index contributed by atoms with van der Waals surface area (Å²) in [6, 6.07) is 23.3. The highest BCUT2D eigenvalue weighted by Crippen LogP contribution is 2.25. The van der Waals surface area contributed by atoms with E-state index in [1.165, 1.54) is 12.1 Å². The van der Waals surface area contributed by atoms with E-state index in [0.29, 0.717) is 0 Å². The van der Waals surface area contributed by atoms with E-state index >= 15 is 0 Å². The molecule has 0 saturated heterocycles. The number of nitrogens with one attached hydrogen (secondary N) is 1. The molecule has 0 aliphatic carbocycles. The highest BCUT2D eigenvalue weighted by molar-refractivity contribution is 5.61. The van der Waals surface area contributed by atoms with Gasteiger partial charge in [0.15, 0.2) is 0 Å². The summed E-state index contributed by atoms with van der Waals surface area (Å²) in [4.78, 5) is 10.2. The van der Waals surface area contributed by atoms with Crippen LogP contribution in [0.15, 0.2) is 78.9 Å². The van der Waals surface area contributed by atoms with Crippen molar-refractivity contribution < 1.29 is 9.66 Å². The minimum Gasteiger partial charge on any atom is -0.457 e. The number of nitrogens with zero attached hydrogens (tertiary/aromatic N) is 1. The molecule has 0 fully saturated rings. The van der Waals surface area contributed by atoms with Crippen LogP contribution in [0.5, 0.6) is 11.5 Å². The molecule has 3 aromatic rings. The van der Waals surface area contributed by atoms with E-state index in [0.717, 1.165) is 22.9 Å². The summed E-state index contributed by atoms with van der Waals surface area (Å²) < 4.78 is 5.72. The van der Waals surface area contributed by atoms with E-state index in [2.05, 4.69) is 5.32 Å². The van der Waals surface area contributed by atoms with Crippen molar-refractivity contribution in [3.8, 4) is 11.5 Å². The smallest absolute Gasteiger partial charge is 0.269 e. The van der Waals surface area contributed by atoms with Gasteiger partial charge in [-0.15, -0.1) is 0 Å². The van der Waals surface area contributed by atoms with Crippen LogP contribution in [0.1, 0.15) is 0 Å². The topological polar surface area (TPSA) is 64.4 Å². The van der Waals surface area contributed by atoms with Crippen LogP contribution < -0.4 is 10.1 Å². The predicted octanol–water partition coefficient (Wildman–Crippen LogP) is 5.13. The molecule has 3 rings (SSSR count). The fourth-order valence-electron chi connectivity index (χ4n) is 2.06. The molecule has 0 amide bonds.